The summed E-state index contributed by atoms with van der Waals surface area (Å²) in [6.45, 7) is 0.378. The van der Waals surface area contributed by atoms with E-state index in [-0.39, 0.29) is 35.5 Å². The lowest BCUT2D eigenvalue weighted by atomic mass is 9.85. The van der Waals surface area contributed by atoms with Crippen molar-refractivity contribution in [3.63, 3.8) is 0 Å². The molecule has 1 saturated heterocycles. The Labute approximate surface area is 173 Å². The monoisotopic (exact) mass is 406 g/mol. The summed E-state index contributed by atoms with van der Waals surface area (Å²) in [7, 11) is 0. The molecule has 146 valence electrons. The first-order valence-electron chi connectivity index (χ1n) is 9.68. The van der Waals surface area contributed by atoms with Crippen LogP contribution in [0.3, 0.4) is 0 Å². The van der Waals surface area contributed by atoms with Gasteiger partial charge in [-0.3, -0.25) is 9.59 Å². The summed E-state index contributed by atoms with van der Waals surface area (Å²) < 4.78 is 5.92. The van der Waals surface area contributed by atoms with Crippen LogP contribution in [-0.2, 0) is 16.2 Å². The molecular weight excluding hydrogens is 388 g/mol. The van der Waals surface area contributed by atoms with Crippen molar-refractivity contribution in [3.05, 3.63) is 76.8 Å². The van der Waals surface area contributed by atoms with Crippen LogP contribution in [0, 0.1) is 23.7 Å². The summed E-state index contributed by atoms with van der Waals surface area (Å²) in [5.74, 6) is 0.123. The van der Waals surface area contributed by atoms with Crippen molar-refractivity contribution in [1.29, 1.82) is 0 Å². The molecule has 0 aromatic heterocycles. The molecule has 2 aliphatic carbocycles. The zero-order chi connectivity index (χ0) is 20.0. The maximum atomic E-state index is 12.7. The molecule has 1 saturated carbocycles. The second-order valence-corrected chi connectivity index (χ2v) is 8.12. The molecule has 1 aliphatic heterocycles. The van der Waals surface area contributed by atoms with Gasteiger partial charge in [0.1, 0.15) is 12.4 Å². The number of fused-ring (bicyclic) bond motifs is 5. The molecule has 2 amide bonds. The number of hydrogen-bond acceptors (Lipinski definition) is 4. The summed E-state index contributed by atoms with van der Waals surface area (Å²) in [4.78, 5) is 25.5. The molecule has 5 nitrogen and oxygen atoms in total. The van der Waals surface area contributed by atoms with Gasteiger partial charge >= 0.3 is 0 Å². The van der Waals surface area contributed by atoms with Crippen LogP contribution >= 0.6 is 11.6 Å². The van der Waals surface area contributed by atoms with E-state index in [1.807, 2.05) is 48.5 Å². The number of ether oxygens (including phenoxy) is 1. The highest BCUT2D eigenvalue weighted by molar-refractivity contribution is 6.30. The molecule has 5 rings (SSSR count). The Bertz CT molecular complexity index is 1000. The zero-order valence-electron chi connectivity index (χ0n) is 15.6. The van der Waals surface area contributed by atoms with E-state index in [2.05, 4.69) is 17.3 Å². The Morgan fingerprint density at radius 1 is 1.00 bits per heavy atom. The first-order valence-corrected chi connectivity index (χ1v) is 10.1. The Morgan fingerprint density at radius 2 is 1.66 bits per heavy atom. The third kappa shape index (κ3) is 3.15. The third-order valence-corrected chi connectivity index (χ3v) is 6.24. The average molecular weight is 407 g/mol. The van der Waals surface area contributed by atoms with Crippen LogP contribution in [0.2, 0.25) is 5.02 Å². The van der Waals surface area contributed by atoms with Crippen LogP contribution < -0.4 is 4.74 Å². The highest BCUT2D eigenvalue weighted by Gasteiger charge is 2.59. The fourth-order valence-corrected chi connectivity index (χ4v) is 4.71. The van der Waals surface area contributed by atoms with E-state index in [0.717, 1.165) is 17.0 Å². The second kappa shape index (κ2) is 7.16. The quantitative estimate of drug-likeness (QED) is 0.427. The molecule has 0 spiro atoms. The van der Waals surface area contributed by atoms with Crippen LogP contribution in [0.5, 0.6) is 5.75 Å². The molecule has 2 bridgehead atoms. The molecule has 2 aromatic rings. The Balaban J connectivity index is 1.32. The number of carbonyl (C=O) groups excluding carboxylic acids is 2. The molecule has 2 fully saturated rings. The topological polar surface area (TPSA) is 59.0 Å². The summed E-state index contributed by atoms with van der Waals surface area (Å²) in [6.07, 6.45) is 6.59. The lowest BCUT2D eigenvalue weighted by Gasteiger charge is -2.13. The fraction of sp³-hybridized carbons (Fsp3) is 0.261. The van der Waals surface area contributed by atoms with Crippen molar-refractivity contribution in [2.45, 2.75) is 13.0 Å². The molecule has 6 heteroatoms. The SMILES string of the molecule is O=C1[C@@H]2[C@H](C(=O)N1/N=C/c1ccccc1OCc1ccc(Cl)cc1)[C@@H]1C=C[C@H]2C1. The fourth-order valence-electron chi connectivity index (χ4n) is 4.58. The lowest BCUT2D eigenvalue weighted by Crippen LogP contribution is -2.28. The van der Waals surface area contributed by atoms with E-state index in [1.54, 1.807) is 0 Å². The number of imide groups is 1. The van der Waals surface area contributed by atoms with E-state index >= 15 is 0 Å². The number of benzene rings is 2. The van der Waals surface area contributed by atoms with Crippen molar-refractivity contribution in [2.24, 2.45) is 28.8 Å². The summed E-state index contributed by atoms with van der Waals surface area (Å²) in [5, 5.41) is 5.97. The van der Waals surface area contributed by atoms with Crippen molar-refractivity contribution in [1.82, 2.24) is 5.01 Å². The summed E-state index contributed by atoms with van der Waals surface area (Å²) in [6, 6.07) is 14.9. The number of amides is 2. The van der Waals surface area contributed by atoms with Crippen LogP contribution in [0.25, 0.3) is 0 Å². The first kappa shape index (κ1) is 18.1. The van der Waals surface area contributed by atoms with E-state index in [4.69, 9.17) is 16.3 Å². The molecule has 0 unspecified atom stereocenters. The molecule has 0 radical (unpaired) electrons. The predicted molar refractivity (Wildman–Crippen MR) is 109 cm³/mol. The standard InChI is InChI=1S/C23H19ClN2O3/c24-18-9-5-14(6-10-18)13-29-19-4-2-1-3-17(19)12-25-26-22(27)20-15-7-8-16(11-15)21(20)23(26)28/h1-10,12,15-16,20-21H,11,13H2/b25-12+/t15-,16+,20-,21+. The van der Waals surface area contributed by atoms with Gasteiger partial charge in [-0.25, -0.2) is 0 Å². The maximum Gasteiger partial charge on any atom is 0.254 e. The first-order chi connectivity index (χ1) is 14.1. The minimum absolute atomic E-state index is 0.177. The van der Waals surface area contributed by atoms with Gasteiger partial charge in [0.15, 0.2) is 0 Å². The molecule has 4 atom stereocenters. The number of para-hydroxylation sites is 1. The largest absolute Gasteiger partial charge is 0.488 e. The van der Waals surface area contributed by atoms with Gasteiger partial charge in [-0.05, 0) is 48.1 Å². The number of carbonyl (C=O) groups is 2. The number of halogens is 1. The van der Waals surface area contributed by atoms with E-state index in [1.165, 1.54) is 6.21 Å². The molecular formula is C23H19ClN2O3. The number of nitrogens with zero attached hydrogens (tertiary/aromatic N) is 2. The van der Waals surface area contributed by atoms with Crippen LogP contribution in [-0.4, -0.2) is 23.0 Å². The number of allylic oxidation sites excluding steroid dienone is 2. The van der Waals surface area contributed by atoms with Crippen molar-refractivity contribution >= 4 is 29.6 Å². The number of hydrogen-bond donors (Lipinski definition) is 0. The predicted octanol–water partition coefficient (Wildman–Crippen LogP) is 4.06. The van der Waals surface area contributed by atoms with E-state index in [0.29, 0.717) is 22.9 Å². The number of rotatable bonds is 5. The van der Waals surface area contributed by atoms with Gasteiger partial charge in [-0.1, -0.05) is 48.0 Å². The highest BCUT2D eigenvalue weighted by Crippen LogP contribution is 2.52. The Hall–Kier alpha value is -2.92. The van der Waals surface area contributed by atoms with Crippen LogP contribution in [0.1, 0.15) is 17.5 Å². The summed E-state index contributed by atoms with van der Waals surface area (Å²) >= 11 is 5.92. The van der Waals surface area contributed by atoms with Crippen molar-refractivity contribution < 1.29 is 14.3 Å². The van der Waals surface area contributed by atoms with Gasteiger partial charge in [0.05, 0.1) is 18.1 Å². The lowest BCUT2D eigenvalue weighted by molar-refractivity contribution is -0.140. The average Bonchev–Trinajstić information content (AvgIpc) is 3.41. The Kier molecular flexibility index (Phi) is 4.47. The van der Waals surface area contributed by atoms with Gasteiger partial charge in [-0.2, -0.15) is 10.1 Å². The maximum absolute atomic E-state index is 12.7. The van der Waals surface area contributed by atoms with Gasteiger partial charge in [0, 0.05) is 10.6 Å². The summed E-state index contributed by atoms with van der Waals surface area (Å²) in [5.41, 5.74) is 1.70. The molecule has 1 heterocycles. The van der Waals surface area contributed by atoms with Gasteiger partial charge < -0.3 is 4.74 Å². The van der Waals surface area contributed by atoms with Crippen LogP contribution in [0.4, 0.5) is 0 Å². The van der Waals surface area contributed by atoms with Crippen molar-refractivity contribution in [3.8, 4) is 5.75 Å². The number of hydrazone groups is 1. The van der Waals surface area contributed by atoms with E-state index < -0.39 is 0 Å². The van der Waals surface area contributed by atoms with Gasteiger partial charge in [0.2, 0.25) is 0 Å². The zero-order valence-corrected chi connectivity index (χ0v) is 16.3. The molecule has 2 aromatic carbocycles. The minimum atomic E-state index is -0.244. The van der Waals surface area contributed by atoms with Crippen molar-refractivity contribution in [2.75, 3.05) is 0 Å². The minimum Gasteiger partial charge on any atom is -0.488 e. The van der Waals surface area contributed by atoms with Crippen LogP contribution in [0.15, 0.2) is 65.8 Å². The molecule has 0 N–H and O–H groups in total. The smallest absolute Gasteiger partial charge is 0.254 e. The van der Waals surface area contributed by atoms with Gasteiger partial charge in [-0.15, -0.1) is 0 Å². The van der Waals surface area contributed by atoms with E-state index in [9.17, 15) is 9.59 Å². The normalized spacial score (nSPS) is 27.3. The highest BCUT2D eigenvalue weighted by atomic mass is 35.5. The second-order valence-electron chi connectivity index (χ2n) is 7.69. The third-order valence-electron chi connectivity index (χ3n) is 5.99. The van der Waals surface area contributed by atoms with Gasteiger partial charge in [0.25, 0.3) is 11.8 Å². The molecule has 3 aliphatic rings. The molecule has 29 heavy (non-hydrogen) atoms. The Morgan fingerprint density at radius 3 is 2.34 bits per heavy atom.